The highest BCUT2D eigenvalue weighted by Gasteiger charge is 2.31. The van der Waals surface area contributed by atoms with E-state index in [0.717, 1.165) is 23.6 Å². The molecule has 0 unspecified atom stereocenters. The van der Waals surface area contributed by atoms with E-state index < -0.39 is 10.2 Å². The summed E-state index contributed by atoms with van der Waals surface area (Å²) in [7, 11) is -3.65. The lowest BCUT2D eigenvalue weighted by molar-refractivity contribution is 0.428. The van der Waals surface area contributed by atoms with Gasteiger partial charge in [0.2, 0.25) is 0 Å². The average molecular weight is 267 g/mol. The molecule has 0 aliphatic carbocycles. The highest BCUT2D eigenvalue weighted by atomic mass is 32.2. The summed E-state index contributed by atoms with van der Waals surface area (Å²) in [6, 6.07) is 0. The monoisotopic (exact) mass is 267 g/mol. The smallest absolute Gasteiger partial charge is 0.277 e. The van der Waals surface area contributed by atoms with Gasteiger partial charge >= 0.3 is 0 Å². The zero-order valence-electron chi connectivity index (χ0n) is 9.57. The second-order valence-electron chi connectivity index (χ2n) is 4.24. The van der Waals surface area contributed by atoms with Crippen molar-refractivity contribution in [1.82, 2.24) is 14.5 Å². The summed E-state index contributed by atoms with van der Waals surface area (Å²) in [6.45, 7) is 1.26. The van der Waals surface area contributed by atoms with Crippen LogP contribution in [0.1, 0.15) is 11.3 Å². The molecule has 3 N–H and O–H groups in total. The molecule has 0 atom stereocenters. The van der Waals surface area contributed by atoms with Crippen molar-refractivity contribution in [2.75, 3.05) is 11.4 Å². The summed E-state index contributed by atoms with van der Waals surface area (Å²) in [5, 5.41) is 12.2. The topological polar surface area (TPSA) is 95.3 Å². The first-order valence-electron chi connectivity index (χ1n) is 5.49. The largest absolute Gasteiger partial charge is 0.327 e. The van der Waals surface area contributed by atoms with Gasteiger partial charge in [0.1, 0.15) is 0 Å². The first-order chi connectivity index (χ1) is 8.55. The Bertz CT molecular complexity index is 631. The molecular weight excluding hydrogens is 254 g/mol. The third-order valence-corrected chi connectivity index (χ3v) is 4.03. The number of anilines is 1. The van der Waals surface area contributed by atoms with E-state index >= 15 is 0 Å². The molecule has 0 amide bonds. The van der Waals surface area contributed by atoms with Gasteiger partial charge in [0.05, 0.1) is 12.2 Å². The fraction of sp³-hybridized carbons (Fsp3) is 0.300. The van der Waals surface area contributed by atoms with Crippen molar-refractivity contribution in [3.8, 4) is 0 Å². The number of hydrogen-bond donors (Lipinski definition) is 2. The Morgan fingerprint density at radius 3 is 2.83 bits per heavy atom. The van der Waals surface area contributed by atoms with Gasteiger partial charge in [-0.15, -0.1) is 0 Å². The molecule has 0 spiro atoms. The first kappa shape index (κ1) is 11.5. The number of allylic oxidation sites excluding steroid dienone is 2. The van der Waals surface area contributed by atoms with Crippen molar-refractivity contribution in [3.05, 3.63) is 35.7 Å². The van der Waals surface area contributed by atoms with Crippen LogP contribution in [0.5, 0.6) is 0 Å². The lowest BCUT2D eigenvalue weighted by Crippen LogP contribution is -2.32. The molecule has 3 rings (SSSR count). The molecule has 3 heterocycles. The van der Waals surface area contributed by atoms with Gasteiger partial charge in [-0.05, 0) is 6.08 Å². The lowest BCUT2D eigenvalue weighted by Gasteiger charge is -2.19. The number of H-pyrrole nitrogens is 1. The predicted octanol–water partition coefficient (Wildman–Crippen LogP) is -0.181. The fourth-order valence-corrected chi connectivity index (χ4v) is 2.76. The zero-order chi connectivity index (χ0) is 12.8. The maximum atomic E-state index is 11.3. The van der Waals surface area contributed by atoms with Gasteiger partial charge in [0, 0.05) is 24.9 Å². The van der Waals surface area contributed by atoms with Crippen LogP contribution < -0.4 is 10.0 Å². The first-order valence-corrected chi connectivity index (χ1v) is 7.00. The van der Waals surface area contributed by atoms with Crippen LogP contribution in [0.25, 0.3) is 0 Å². The van der Waals surface area contributed by atoms with E-state index in [4.69, 9.17) is 5.14 Å². The van der Waals surface area contributed by atoms with Crippen molar-refractivity contribution in [3.63, 3.8) is 0 Å². The van der Waals surface area contributed by atoms with E-state index in [0.29, 0.717) is 0 Å². The van der Waals surface area contributed by atoms with Gasteiger partial charge in [-0.3, -0.25) is 5.10 Å². The molecule has 0 radical (unpaired) electrons. The average Bonchev–Trinajstić information content (AvgIpc) is 2.88. The molecule has 96 valence electrons. The molecule has 1 aromatic heterocycles. The van der Waals surface area contributed by atoms with Crippen LogP contribution in [0.4, 0.5) is 5.82 Å². The highest BCUT2D eigenvalue weighted by Crippen LogP contribution is 2.30. The number of aromatic nitrogens is 2. The van der Waals surface area contributed by atoms with Crippen molar-refractivity contribution >= 4 is 16.0 Å². The van der Waals surface area contributed by atoms with E-state index in [2.05, 4.69) is 10.2 Å². The Kier molecular flexibility index (Phi) is 2.51. The molecule has 8 heteroatoms. The van der Waals surface area contributed by atoms with Crippen LogP contribution in [0.2, 0.25) is 0 Å². The number of hydrogen-bond acceptors (Lipinski definition) is 4. The molecule has 2 aliphatic heterocycles. The van der Waals surface area contributed by atoms with Crippen LogP contribution in [0, 0.1) is 0 Å². The number of aromatic amines is 1. The summed E-state index contributed by atoms with van der Waals surface area (Å²) >= 11 is 0. The van der Waals surface area contributed by atoms with Crippen LogP contribution in [-0.2, 0) is 23.3 Å². The van der Waals surface area contributed by atoms with E-state index in [1.807, 2.05) is 29.3 Å². The minimum Gasteiger partial charge on any atom is -0.327 e. The van der Waals surface area contributed by atoms with Gasteiger partial charge in [-0.2, -0.15) is 17.8 Å². The zero-order valence-corrected chi connectivity index (χ0v) is 10.4. The van der Waals surface area contributed by atoms with Crippen LogP contribution >= 0.6 is 0 Å². The minimum atomic E-state index is -3.65. The van der Waals surface area contributed by atoms with Crippen LogP contribution in [0.15, 0.2) is 24.4 Å². The molecule has 0 bridgehead atoms. The molecule has 1 aromatic rings. The molecule has 0 saturated heterocycles. The van der Waals surface area contributed by atoms with Crippen molar-refractivity contribution in [2.24, 2.45) is 5.14 Å². The van der Waals surface area contributed by atoms with Gasteiger partial charge in [-0.1, -0.05) is 12.2 Å². The molecule has 18 heavy (non-hydrogen) atoms. The second-order valence-corrected chi connectivity index (χ2v) is 5.79. The standard InChI is InChI=1S/C10H13N5O2S/c11-18(16,17)15-6-8-9(7-15)12-13-10(8)14-4-2-1-3-5-14/h1-4H,5-7H2,(H,12,13)(H2,11,16,17). The summed E-state index contributed by atoms with van der Waals surface area (Å²) in [6.07, 6.45) is 7.79. The highest BCUT2D eigenvalue weighted by molar-refractivity contribution is 7.86. The van der Waals surface area contributed by atoms with Gasteiger partial charge in [0.25, 0.3) is 10.2 Å². The Morgan fingerprint density at radius 1 is 1.33 bits per heavy atom. The van der Waals surface area contributed by atoms with E-state index in [9.17, 15) is 8.42 Å². The van der Waals surface area contributed by atoms with Crippen molar-refractivity contribution in [1.29, 1.82) is 0 Å². The second kappa shape index (κ2) is 3.94. The Morgan fingerprint density at radius 2 is 2.17 bits per heavy atom. The number of rotatable bonds is 2. The maximum Gasteiger partial charge on any atom is 0.277 e. The molecule has 0 aromatic carbocycles. The Hall–Kier alpha value is -1.64. The van der Waals surface area contributed by atoms with Gasteiger partial charge in [0.15, 0.2) is 5.82 Å². The SMILES string of the molecule is NS(=O)(=O)N1Cc2[nH]nc(N3C=CC=CC3)c2C1. The molecule has 7 nitrogen and oxygen atoms in total. The third kappa shape index (κ3) is 1.84. The maximum absolute atomic E-state index is 11.3. The summed E-state index contributed by atoms with van der Waals surface area (Å²) in [5.41, 5.74) is 1.70. The molecule has 2 aliphatic rings. The van der Waals surface area contributed by atoms with Crippen molar-refractivity contribution < 1.29 is 8.42 Å². The summed E-state index contributed by atoms with van der Waals surface area (Å²) in [4.78, 5) is 1.96. The predicted molar refractivity (Wildman–Crippen MR) is 66.6 cm³/mol. The summed E-state index contributed by atoms with van der Waals surface area (Å²) in [5.74, 6) is 0.761. The fourth-order valence-electron chi connectivity index (χ4n) is 2.14. The minimum absolute atomic E-state index is 0.258. The number of nitrogens with two attached hydrogens (primary N) is 1. The van der Waals surface area contributed by atoms with Crippen LogP contribution in [0.3, 0.4) is 0 Å². The van der Waals surface area contributed by atoms with Crippen LogP contribution in [-0.4, -0.2) is 29.5 Å². The number of nitrogens with zero attached hydrogens (tertiary/aromatic N) is 3. The van der Waals surface area contributed by atoms with Gasteiger partial charge in [-0.25, -0.2) is 5.14 Å². The molecule has 0 saturated carbocycles. The normalized spacial score (nSPS) is 19.5. The van der Waals surface area contributed by atoms with Gasteiger partial charge < -0.3 is 4.90 Å². The number of fused-ring (bicyclic) bond motifs is 1. The lowest BCUT2D eigenvalue weighted by atomic mass is 10.2. The van der Waals surface area contributed by atoms with Crippen molar-refractivity contribution in [2.45, 2.75) is 13.1 Å². The quantitative estimate of drug-likeness (QED) is 0.777. The van der Waals surface area contributed by atoms with E-state index in [1.54, 1.807) is 0 Å². The third-order valence-electron chi connectivity index (χ3n) is 3.05. The number of nitrogens with one attached hydrogen (secondary N) is 1. The Balaban J connectivity index is 1.90. The Labute approximate surface area is 105 Å². The van der Waals surface area contributed by atoms with E-state index in [1.165, 1.54) is 4.31 Å². The molecular formula is C10H13N5O2S. The summed E-state index contributed by atoms with van der Waals surface area (Å²) < 4.78 is 23.9. The van der Waals surface area contributed by atoms with E-state index in [-0.39, 0.29) is 13.1 Å². The molecule has 0 fully saturated rings.